The summed E-state index contributed by atoms with van der Waals surface area (Å²) in [6, 6.07) is 0. The van der Waals surface area contributed by atoms with Crippen LogP contribution in [-0.2, 0) is 19.8 Å². The molecule has 0 fully saturated rings. The number of phenols is 2. The Hall–Kier alpha value is -1.32. The summed E-state index contributed by atoms with van der Waals surface area (Å²) in [4.78, 5) is 48.8. The molecular weight excluding hydrogens is 367 g/mol. The van der Waals surface area contributed by atoms with Gasteiger partial charge < -0.3 is 14.9 Å². The Labute approximate surface area is 191 Å². The largest absolute Gasteiger partial charge is 1.00 e. The van der Waals surface area contributed by atoms with E-state index in [1.807, 2.05) is 0 Å². The molecule has 0 spiro atoms. The number of fused-ring (bicyclic) bond motifs is 3. The van der Waals surface area contributed by atoms with Gasteiger partial charge in [0.25, 0.3) is 0 Å². The number of aromatic hydroxyl groups is 2. The number of carbonyl (C=O) groups excluding carboxylic acids is 4. The quantitative estimate of drug-likeness (QED) is 0.363. The van der Waals surface area contributed by atoms with Crippen molar-refractivity contribution in [1.82, 2.24) is 0 Å². The van der Waals surface area contributed by atoms with Crippen LogP contribution in [0.3, 0.4) is 0 Å². The monoisotopic (exact) mass is 383 g/mol. The topological polar surface area (TPSA) is 118 Å². The third-order valence-corrected chi connectivity index (χ3v) is 4.91. The molecule has 0 amide bonds. The Balaban J connectivity index is 0.00000243. The first-order chi connectivity index (χ1) is 11.5. The second kappa shape index (κ2) is 6.68. The number of Topliss-reactive ketones (excluding diaryl/α,β-unsaturated/α-hetero) is 3. The van der Waals surface area contributed by atoms with Crippen LogP contribution in [0.4, 0.5) is 0 Å². The number of carbonyl (C=O) groups is 4. The van der Waals surface area contributed by atoms with Crippen molar-refractivity contribution >= 4 is 23.1 Å². The minimum Gasteiger partial charge on any atom is -0.507 e. The predicted octanol–water partition coefficient (Wildman–Crippen LogP) is -1.50. The van der Waals surface area contributed by atoms with Gasteiger partial charge in [0.05, 0.1) is 5.56 Å². The van der Waals surface area contributed by atoms with Crippen LogP contribution in [0.2, 0.25) is 0 Å². The fourth-order valence-electron chi connectivity index (χ4n) is 3.49. The van der Waals surface area contributed by atoms with Crippen LogP contribution in [0.25, 0.3) is 0 Å². The number of ether oxygens (including phenoxy) is 1. The third-order valence-electron chi connectivity index (χ3n) is 4.91. The summed E-state index contributed by atoms with van der Waals surface area (Å²) in [5, 5.41) is 20.7. The summed E-state index contributed by atoms with van der Waals surface area (Å²) in [7, 11) is 0. The molecule has 7 nitrogen and oxygen atoms in total. The van der Waals surface area contributed by atoms with Crippen molar-refractivity contribution in [3.05, 3.63) is 28.5 Å². The molecule has 0 radical (unpaired) electrons. The molecule has 26 heavy (non-hydrogen) atoms. The molecule has 1 aliphatic carbocycles. The van der Waals surface area contributed by atoms with E-state index < -0.39 is 46.0 Å². The van der Waals surface area contributed by atoms with E-state index in [1.54, 1.807) is 0 Å². The maximum Gasteiger partial charge on any atom is 1.00 e. The Kier molecular flexibility index (Phi) is 5.39. The molecule has 0 saturated carbocycles. The molecule has 0 bridgehead atoms. The minimum absolute atomic E-state index is 0. The number of phenolic OH excluding ortho intramolecular Hbond substituents is 2. The Morgan fingerprint density at radius 3 is 2.23 bits per heavy atom. The first-order valence-electron chi connectivity index (χ1n) is 7.62. The van der Waals surface area contributed by atoms with Crippen LogP contribution in [0.5, 0.6) is 17.2 Å². The molecule has 1 aliphatic heterocycles. The van der Waals surface area contributed by atoms with E-state index >= 15 is 0 Å². The standard InChI is InChI=1S/C18H16O7.K/c1-6-14(22)12(8(3)20)16-13(15(6)23)18(4)10(25-16)5-9(21)11(7(2)19)17(18)24;/h5,11,22-23H,1-4H3;/q;+1. The van der Waals surface area contributed by atoms with Gasteiger partial charge in [0.1, 0.15) is 45.7 Å². The summed E-state index contributed by atoms with van der Waals surface area (Å²) in [6.07, 6.45) is 1.04. The number of ketones is 4. The van der Waals surface area contributed by atoms with Gasteiger partial charge in [0, 0.05) is 11.6 Å². The second-order valence-electron chi connectivity index (χ2n) is 6.50. The van der Waals surface area contributed by atoms with E-state index in [-0.39, 0.29) is 79.6 Å². The average molecular weight is 383 g/mol. The molecule has 2 atom stereocenters. The molecule has 0 saturated heterocycles. The van der Waals surface area contributed by atoms with Crippen LogP contribution >= 0.6 is 0 Å². The summed E-state index contributed by atoms with van der Waals surface area (Å²) < 4.78 is 5.56. The van der Waals surface area contributed by atoms with Crippen molar-refractivity contribution in [2.24, 2.45) is 5.92 Å². The number of rotatable bonds is 2. The van der Waals surface area contributed by atoms with E-state index in [4.69, 9.17) is 4.74 Å². The molecule has 2 unspecified atom stereocenters. The molecule has 0 aromatic heterocycles. The first kappa shape index (κ1) is 21.0. The number of allylic oxidation sites excluding steroid dienone is 2. The van der Waals surface area contributed by atoms with Crippen molar-refractivity contribution < 1.29 is 85.5 Å². The van der Waals surface area contributed by atoms with Crippen molar-refractivity contribution in [2.75, 3.05) is 0 Å². The smallest absolute Gasteiger partial charge is 0.507 e. The van der Waals surface area contributed by atoms with Crippen molar-refractivity contribution in [3.8, 4) is 17.2 Å². The van der Waals surface area contributed by atoms with Gasteiger partial charge in [-0.2, -0.15) is 0 Å². The molecule has 8 heteroatoms. The van der Waals surface area contributed by atoms with Crippen molar-refractivity contribution in [3.63, 3.8) is 0 Å². The second-order valence-corrected chi connectivity index (χ2v) is 6.50. The molecular formula is C18H16KO7+. The number of hydrogen-bond acceptors (Lipinski definition) is 7. The van der Waals surface area contributed by atoms with Gasteiger partial charge >= 0.3 is 51.4 Å². The summed E-state index contributed by atoms with van der Waals surface area (Å²) >= 11 is 0. The SMILES string of the molecule is CC(=O)c1c(O)c(C)c(O)c2c1OC1=CC(=O)C(C(C)=O)C(=O)C12C.[K+]. The minimum atomic E-state index is -1.59. The third kappa shape index (κ3) is 2.55. The van der Waals surface area contributed by atoms with Crippen LogP contribution in [0.15, 0.2) is 11.8 Å². The van der Waals surface area contributed by atoms with Gasteiger partial charge in [0.15, 0.2) is 17.3 Å². The van der Waals surface area contributed by atoms with E-state index in [1.165, 1.54) is 20.8 Å². The summed E-state index contributed by atoms with van der Waals surface area (Å²) in [5.41, 5.74) is -1.77. The maximum atomic E-state index is 13.0. The molecule has 1 aromatic rings. The van der Waals surface area contributed by atoms with E-state index in [2.05, 4.69) is 0 Å². The molecule has 2 aliphatic rings. The summed E-state index contributed by atoms with van der Waals surface area (Å²) in [5.74, 6) is -5.15. The zero-order chi connectivity index (χ0) is 18.8. The van der Waals surface area contributed by atoms with Gasteiger partial charge in [0.2, 0.25) is 0 Å². The zero-order valence-electron chi connectivity index (χ0n) is 15.1. The van der Waals surface area contributed by atoms with Crippen molar-refractivity contribution in [2.45, 2.75) is 33.1 Å². The van der Waals surface area contributed by atoms with Gasteiger partial charge in [-0.25, -0.2) is 0 Å². The van der Waals surface area contributed by atoms with Gasteiger partial charge in [-0.15, -0.1) is 0 Å². The molecule has 130 valence electrons. The average Bonchev–Trinajstić information content (AvgIpc) is 2.78. The molecule has 2 N–H and O–H groups in total. The Morgan fingerprint density at radius 2 is 1.73 bits per heavy atom. The van der Waals surface area contributed by atoms with Crippen LogP contribution in [0.1, 0.15) is 42.3 Å². The summed E-state index contributed by atoms with van der Waals surface area (Å²) in [6.45, 7) is 5.17. The van der Waals surface area contributed by atoms with E-state index in [0.29, 0.717) is 0 Å². The fourth-order valence-corrected chi connectivity index (χ4v) is 3.49. The van der Waals surface area contributed by atoms with E-state index in [9.17, 15) is 29.4 Å². The first-order valence-corrected chi connectivity index (χ1v) is 7.62. The van der Waals surface area contributed by atoms with Gasteiger partial charge in [-0.3, -0.25) is 19.2 Å². The molecule has 1 aromatic carbocycles. The van der Waals surface area contributed by atoms with Crippen molar-refractivity contribution in [1.29, 1.82) is 0 Å². The van der Waals surface area contributed by atoms with Crippen LogP contribution < -0.4 is 56.1 Å². The fraction of sp³-hybridized carbons (Fsp3) is 0.333. The normalized spacial score (nSPS) is 23.4. The Morgan fingerprint density at radius 1 is 1.15 bits per heavy atom. The van der Waals surface area contributed by atoms with Crippen LogP contribution in [0, 0.1) is 12.8 Å². The molecule has 3 rings (SSSR count). The zero-order valence-corrected chi connectivity index (χ0v) is 18.2. The van der Waals surface area contributed by atoms with Gasteiger partial charge in [-0.05, 0) is 27.7 Å². The number of hydrogen-bond donors (Lipinski definition) is 2. The maximum absolute atomic E-state index is 13.0. The molecule has 1 heterocycles. The van der Waals surface area contributed by atoms with E-state index in [0.717, 1.165) is 13.0 Å². The Bertz CT molecular complexity index is 928. The van der Waals surface area contributed by atoms with Crippen LogP contribution in [-0.4, -0.2) is 33.3 Å². The predicted molar refractivity (Wildman–Crippen MR) is 84.8 cm³/mol. The number of benzene rings is 1. The van der Waals surface area contributed by atoms with Gasteiger partial charge in [-0.1, -0.05) is 0 Å².